The van der Waals surface area contributed by atoms with Gasteiger partial charge in [-0.1, -0.05) is 38.1 Å². The van der Waals surface area contributed by atoms with Crippen molar-refractivity contribution in [2.75, 3.05) is 4.90 Å². The summed E-state index contributed by atoms with van der Waals surface area (Å²) in [6.07, 6.45) is 5.02. The number of hydrogen-bond donors (Lipinski definition) is 0. The summed E-state index contributed by atoms with van der Waals surface area (Å²) in [6.45, 7) is 8.03. The first-order chi connectivity index (χ1) is 15.1. The van der Waals surface area contributed by atoms with E-state index < -0.39 is 0 Å². The van der Waals surface area contributed by atoms with Crippen LogP contribution < -0.4 is 4.90 Å². The van der Waals surface area contributed by atoms with Crippen molar-refractivity contribution in [1.82, 2.24) is 9.97 Å². The summed E-state index contributed by atoms with van der Waals surface area (Å²) in [5, 5.41) is 0.995. The number of nitrogens with zero attached hydrogens (tertiary/aromatic N) is 3. The first-order valence-electron chi connectivity index (χ1n) is 10.8. The first kappa shape index (κ1) is 20.7. The molecule has 4 aromatic rings. The molecule has 1 aliphatic rings. The van der Waals surface area contributed by atoms with Gasteiger partial charge < -0.3 is 0 Å². The second-order valence-electron chi connectivity index (χ2n) is 7.62. The number of carbonyl (C=O) groups is 1. The zero-order chi connectivity index (χ0) is 22.0. The molecule has 0 atom stereocenters. The molecule has 0 bridgehead atoms. The van der Waals surface area contributed by atoms with Gasteiger partial charge in [0.1, 0.15) is 0 Å². The van der Waals surface area contributed by atoms with Crippen LogP contribution in [0, 0.1) is 13.8 Å². The molecule has 1 aliphatic heterocycles. The minimum Gasteiger partial charge on any atom is -0.280 e. The predicted octanol–water partition coefficient (Wildman–Crippen LogP) is 6.55. The SMILES string of the molecule is CC.Cc1cccc(N2C(=O)CCc3cnc4ccc(-c5ccc(C)nc5)cc4c32)c1. The number of aryl methyl sites for hydroxylation is 3. The Morgan fingerprint density at radius 2 is 1.65 bits per heavy atom. The Hall–Kier alpha value is -3.53. The lowest BCUT2D eigenvalue weighted by molar-refractivity contribution is -0.118. The van der Waals surface area contributed by atoms with Gasteiger partial charge in [0.25, 0.3) is 0 Å². The van der Waals surface area contributed by atoms with E-state index in [4.69, 9.17) is 0 Å². The molecule has 3 heterocycles. The molecular weight excluding hydrogens is 382 g/mol. The zero-order valence-electron chi connectivity index (χ0n) is 18.5. The molecule has 0 unspecified atom stereocenters. The third-order valence-corrected chi connectivity index (χ3v) is 5.50. The van der Waals surface area contributed by atoms with Gasteiger partial charge in [0.15, 0.2) is 0 Å². The van der Waals surface area contributed by atoms with Crippen molar-refractivity contribution in [3.8, 4) is 11.1 Å². The van der Waals surface area contributed by atoms with Crippen molar-refractivity contribution >= 4 is 28.2 Å². The fourth-order valence-electron chi connectivity index (χ4n) is 4.00. The summed E-state index contributed by atoms with van der Waals surface area (Å²) in [4.78, 5) is 24.0. The standard InChI is InChI=1S/C25H21N3O.C2H6/c1-16-4-3-5-21(12-16)28-24(29)11-9-20-15-27-23-10-8-18(13-22(23)25(20)28)19-7-6-17(2)26-14-19;1-2/h3-8,10,12-15H,9,11H2,1-2H3;1-2H3. The minimum absolute atomic E-state index is 0.123. The van der Waals surface area contributed by atoms with Gasteiger partial charge in [-0.25, -0.2) is 0 Å². The van der Waals surface area contributed by atoms with Gasteiger partial charge in [0.05, 0.1) is 11.2 Å². The van der Waals surface area contributed by atoms with Gasteiger partial charge in [-0.15, -0.1) is 0 Å². The van der Waals surface area contributed by atoms with Crippen LogP contribution >= 0.6 is 0 Å². The van der Waals surface area contributed by atoms with Crippen LogP contribution in [-0.2, 0) is 11.2 Å². The molecule has 0 spiro atoms. The number of benzene rings is 2. The van der Waals surface area contributed by atoms with Crippen LogP contribution in [0.25, 0.3) is 22.0 Å². The summed E-state index contributed by atoms with van der Waals surface area (Å²) in [5.41, 5.74) is 8.11. The molecule has 1 amide bonds. The second kappa shape index (κ2) is 8.68. The maximum absolute atomic E-state index is 13.0. The molecule has 0 saturated carbocycles. The van der Waals surface area contributed by atoms with Gasteiger partial charge >= 0.3 is 0 Å². The Kier molecular flexibility index (Phi) is 5.81. The fraction of sp³-hybridized carbons (Fsp3) is 0.222. The summed E-state index contributed by atoms with van der Waals surface area (Å²) < 4.78 is 0. The lowest BCUT2D eigenvalue weighted by Crippen LogP contribution is -2.31. The normalized spacial score (nSPS) is 12.9. The van der Waals surface area contributed by atoms with E-state index in [2.05, 4.69) is 34.2 Å². The topological polar surface area (TPSA) is 46.1 Å². The molecule has 5 rings (SSSR count). The second-order valence-corrected chi connectivity index (χ2v) is 7.62. The molecule has 0 fully saturated rings. The van der Waals surface area contributed by atoms with Crippen molar-refractivity contribution in [3.05, 3.63) is 83.8 Å². The average Bonchev–Trinajstić information content (AvgIpc) is 2.80. The first-order valence-corrected chi connectivity index (χ1v) is 10.8. The number of aromatic nitrogens is 2. The third-order valence-electron chi connectivity index (χ3n) is 5.50. The van der Waals surface area contributed by atoms with E-state index in [0.717, 1.165) is 56.6 Å². The zero-order valence-corrected chi connectivity index (χ0v) is 18.5. The van der Waals surface area contributed by atoms with Crippen molar-refractivity contribution < 1.29 is 4.79 Å². The van der Waals surface area contributed by atoms with E-state index >= 15 is 0 Å². The van der Waals surface area contributed by atoms with Gasteiger partial charge in [0.2, 0.25) is 5.91 Å². The monoisotopic (exact) mass is 409 g/mol. The summed E-state index contributed by atoms with van der Waals surface area (Å²) >= 11 is 0. The van der Waals surface area contributed by atoms with Crippen LogP contribution in [0.1, 0.15) is 37.1 Å². The number of carbonyl (C=O) groups excluding carboxylic acids is 1. The van der Waals surface area contributed by atoms with E-state index in [-0.39, 0.29) is 5.91 Å². The van der Waals surface area contributed by atoms with E-state index in [1.54, 1.807) is 0 Å². The maximum atomic E-state index is 13.0. The van der Waals surface area contributed by atoms with Gasteiger partial charge in [0, 0.05) is 41.1 Å². The van der Waals surface area contributed by atoms with Crippen molar-refractivity contribution in [2.24, 2.45) is 0 Å². The molecular formula is C27H27N3O. The van der Waals surface area contributed by atoms with Crippen LogP contribution in [0.4, 0.5) is 11.4 Å². The van der Waals surface area contributed by atoms with Crippen LogP contribution in [0.5, 0.6) is 0 Å². The molecule has 31 heavy (non-hydrogen) atoms. The third kappa shape index (κ3) is 3.93. The van der Waals surface area contributed by atoms with E-state index in [1.807, 2.05) is 75.3 Å². The summed E-state index contributed by atoms with van der Waals surface area (Å²) in [6, 6.07) is 18.4. The smallest absolute Gasteiger partial charge is 0.231 e. The van der Waals surface area contributed by atoms with Gasteiger partial charge in [-0.05, 0) is 67.3 Å². The molecule has 4 nitrogen and oxygen atoms in total. The Balaban J connectivity index is 0.00000112. The van der Waals surface area contributed by atoms with Crippen LogP contribution in [-0.4, -0.2) is 15.9 Å². The van der Waals surface area contributed by atoms with Crippen LogP contribution in [0.3, 0.4) is 0 Å². The number of rotatable bonds is 2. The fourth-order valence-corrected chi connectivity index (χ4v) is 4.00. The van der Waals surface area contributed by atoms with Crippen molar-refractivity contribution in [2.45, 2.75) is 40.5 Å². The molecule has 0 N–H and O–H groups in total. The highest BCUT2D eigenvalue weighted by molar-refractivity contribution is 6.11. The molecule has 2 aromatic carbocycles. The molecule has 0 saturated heterocycles. The maximum Gasteiger partial charge on any atom is 0.231 e. The van der Waals surface area contributed by atoms with Crippen molar-refractivity contribution in [3.63, 3.8) is 0 Å². The van der Waals surface area contributed by atoms with E-state index in [9.17, 15) is 4.79 Å². The predicted molar refractivity (Wildman–Crippen MR) is 128 cm³/mol. The van der Waals surface area contributed by atoms with E-state index in [1.165, 1.54) is 0 Å². The summed E-state index contributed by atoms with van der Waals surface area (Å²) in [7, 11) is 0. The Morgan fingerprint density at radius 3 is 2.39 bits per heavy atom. The molecule has 156 valence electrons. The van der Waals surface area contributed by atoms with Crippen LogP contribution in [0.2, 0.25) is 0 Å². The quantitative estimate of drug-likeness (QED) is 0.377. The lowest BCUT2D eigenvalue weighted by atomic mass is 9.96. The molecule has 0 aliphatic carbocycles. The largest absolute Gasteiger partial charge is 0.280 e. The number of pyridine rings is 2. The van der Waals surface area contributed by atoms with Crippen LogP contribution in [0.15, 0.2) is 67.0 Å². The minimum atomic E-state index is 0.123. The molecule has 0 radical (unpaired) electrons. The lowest BCUT2D eigenvalue weighted by Gasteiger charge is -2.31. The number of hydrogen-bond acceptors (Lipinski definition) is 3. The Morgan fingerprint density at radius 1 is 0.839 bits per heavy atom. The summed E-state index contributed by atoms with van der Waals surface area (Å²) in [5.74, 6) is 0.123. The molecule has 4 heteroatoms. The van der Waals surface area contributed by atoms with E-state index in [0.29, 0.717) is 6.42 Å². The van der Waals surface area contributed by atoms with Gasteiger partial charge in [-0.2, -0.15) is 0 Å². The highest BCUT2D eigenvalue weighted by Gasteiger charge is 2.28. The number of anilines is 2. The highest BCUT2D eigenvalue weighted by Crippen LogP contribution is 2.40. The number of fused-ring (bicyclic) bond motifs is 3. The molecule has 2 aromatic heterocycles. The Labute approximate surface area is 183 Å². The number of amides is 1. The average molecular weight is 410 g/mol. The van der Waals surface area contributed by atoms with Gasteiger partial charge in [-0.3, -0.25) is 19.7 Å². The van der Waals surface area contributed by atoms with Crippen molar-refractivity contribution in [1.29, 1.82) is 0 Å². The Bertz CT molecular complexity index is 1250. The highest BCUT2D eigenvalue weighted by atomic mass is 16.2.